The molecule has 1 aromatic heterocycles. The highest BCUT2D eigenvalue weighted by molar-refractivity contribution is 7.90. The van der Waals surface area contributed by atoms with Crippen LogP contribution in [-0.2, 0) is 23.8 Å². The van der Waals surface area contributed by atoms with Gasteiger partial charge in [0.1, 0.15) is 0 Å². The van der Waals surface area contributed by atoms with E-state index in [0.29, 0.717) is 5.56 Å². The molecule has 0 aliphatic rings. The molecule has 0 radical (unpaired) electrons. The van der Waals surface area contributed by atoms with E-state index >= 15 is 4.57 Å². The molecule has 1 unspecified atom stereocenters. The first-order chi connectivity index (χ1) is 18.7. The number of esters is 1. The second-order valence-corrected chi connectivity index (χ2v) is 12.7. The summed E-state index contributed by atoms with van der Waals surface area (Å²) in [5.74, 6) is -0.986. The Kier molecular flexibility index (Phi) is 8.43. The quantitative estimate of drug-likeness (QED) is 0.145. The van der Waals surface area contributed by atoms with E-state index in [9.17, 15) is 13.2 Å². The number of halogens is 1. The number of allylic oxidation sites excluding steroid dienone is 1. The summed E-state index contributed by atoms with van der Waals surface area (Å²) in [6, 6.07) is 20.4. The molecule has 0 bridgehead atoms. The third-order valence-electron chi connectivity index (χ3n) is 5.78. The zero-order valence-electron chi connectivity index (χ0n) is 21.1. The molecule has 0 saturated carbocycles. The number of carbonyl (C=O) groups is 1. The van der Waals surface area contributed by atoms with Crippen LogP contribution in [-0.4, -0.2) is 31.6 Å². The molecule has 0 spiro atoms. The summed E-state index contributed by atoms with van der Waals surface area (Å²) in [6.45, 7) is 3.15. The Hall–Kier alpha value is -3.67. The van der Waals surface area contributed by atoms with Gasteiger partial charge in [-0.25, -0.2) is 17.2 Å². The summed E-state index contributed by atoms with van der Waals surface area (Å²) in [5.41, 5.74) is 0.208. The molecule has 0 aliphatic heterocycles. The van der Waals surface area contributed by atoms with E-state index in [4.69, 9.17) is 26.1 Å². The first kappa shape index (κ1) is 28.3. The van der Waals surface area contributed by atoms with Crippen LogP contribution in [0.3, 0.4) is 0 Å². The molecule has 4 aromatic rings. The Bertz CT molecular complexity index is 1780. The Labute approximate surface area is 231 Å². The van der Waals surface area contributed by atoms with E-state index < -0.39 is 29.1 Å². The largest absolute Gasteiger partial charge is 0.461 e. The second kappa shape index (κ2) is 11.6. The van der Waals surface area contributed by atoms with Crippen LogP contribution < -0.4 is 10.6 Å². The number of hydrogen-bond donors (Lipinski definition) is 0. The Morgan fingerprint density at radius 3 is 2.46 bits per heavy atom. The minimum Gasteiger partial charge on any atom is -0.461 e. The van der Waals surface area contributed by atoms with Gasteiger partial charge in [0.25, 0.3) is 17.4 Å². The van der Waals surface area contributed by atoms with Gasteiger partial charge < -0.3 is 9.26 Å². The Morgan fingerprint density at radius 1 is 1.05 bits per heavy atom. The summed E-state index contributed by atoms with van der Waals surface area (Å²) in [4.78, 5) is 13.5. The first-order valence-electron chi connectivity index (χ1n) is 11.9. The van der Waals surface area contributed by atoms with Crippen molar-refractivity contribution >= 4 is 62.6 Å². The molecule has 39 heavy (non-hydrogen) atoms. The number of carbonyl (C=O) groups excluding carboxylic acids is 1. The molecule has 3 aromatic carbocycles. The van der Waals surface area contributed by atoms with Crippen LogP contribution in [0, 0.1) is 11.3 Å². The van der Waals surface area contributed by atoms with Gasteiger partial charge in [-0.05, 0) is 68.0 Å². The highest BCUT2D eigenvalue weighted by Crippen LogP contribution is 2.49. The Balaban J connectivity index is 2.19. The van der Waals surface area contributed by atoms with E-state index in [0.717, 1.165) is 3.97 Å². The molecular weight excluding hydrogens is 559 g/mol. The lowest BCUT2D eigenvalue weighted by Crippen LogP contribution is -2.28. The number of benzene rings is 3. The van der Waals surface area contributed by atoms with Crippen LogP contribution in [0.4, 0.5) is 0 Å². The van der Waals surface area contributed by atoms with Crippen LogP contribution in [0.2, 0.25) is 5.02 Å². The Morgan fingerprint density at radius 2 is 1.79 bits per heavy atom. The van der Waals surface area contributed by atoms with Crippen LogP contribution in [0.1, 0.15) is 29.9 Å². The molecule has 200 valence electrons. The van der Waals surface area contributed by atoms with Crippen LogP contribution >= 0.6 is 19.0 Å². The lowest BCUT2D eigenvalue weighted by atomic mass is 10.2. The van der Waals surface area contributed by atoms with Crippen molar-refractivity contribution in [1.82, 2.24) is 3.97 Å². The zero-order chi connectivity index (χ0) is 28.2. The monoisotopic (exact) mass is 582 g/mol. The number of hydrogen-bond acceptors (Lipinski definition) is 7. The lowest BCUT2D eigenvalue weighted by molar-refractivity contribution is 0.0520. The molecule has 0 N–H and O–H groups in total. The van der Waals surface area contributed by atoms with E-state index in [1.165, 1.54) is 42.5 Å². The number of aromatic nitrogens is 1. The molecule has 0 aliphatic carbocycles. The molecule has 0 saturated heterocycles. The van der Waals surface area contributed by atoms with Gasteiger partial charge in [-0.3, -0.25) is 4.57 Å². The van der Waals surface area contributed by atoms with Crippen molar-refractivity contribution in [2.75, 3.05) is 13.2 Å². The van der Waals surface area contributed by atoms with E-state index in [1.54, 1.807) is 56.3 Å². The van der Waals surface area contributed by atoms with Gasteiger partial charge in [-0.1, -0.05) is 41.9 Å². The van der Waals surface area contributed by atoms with Crippen LogP contribution in [0.25, 0.3) is 17.0 Å². The number of nitriles is 1. The van der Waals surface area contributed by atoms with Crippen molar-refractivity contribution in [2.45, 2.75) is 18.7 Å². The second-order valence-electron chi connectivity index (χ2n) is 8.19. The number of nitrogens with zero attached hydrogens (tertiary/aromatic N) is 2. The third kappa shape index (κ3) is 5.29. The van der Waals surface area contributed by atoms with Crippen molar-refractivity contribution in [1.29, 1.82) is 5.26 Å². The maximum atomic E-state index is 15.0. The van der Waals surface area contributed by atoms with Crippen LogP contribution in [0.15, 0.2) is 83.8 Å². The van der Waals surface area contributed by atoms with E-state index in [2.05, 4.69) is 0 Å². The van der Waals surface area contributed by atoms with Crippen molar-refractivity contribution in [3.63, 3.8) is 0 Å². The summed E-state index contributed by atoms with van der Waals surface area (Å²) in [7, 11) is -8.55. The van der Waals surface area contributed by atoms with Gasteiger partial charge >= 0.3 is 5.97 Å². The normalized spacial score (nSPS) is 13.3. The minimum atomic E-state index is -4.38. The maximum Gasteiger partial charge on any atom is 0.356 e. The SMILES string of the molecule is CCOC(=O)c1c(P(=O)(OCC)c2cccc(/C=C\C#N)c2)c2cc(Cl)ccc2n1S(=O)(=O)c1ccccc1. The van der Waals surface area contributed by atoms with Crippen LogP contribution in [0.5, 0.6) is 0 Å². The fraction of sp³-hybridized carbons (Fsp3) is 0.143. The molecule has 1 heterocycles. The minimum absolute atomic E-state index is 0.0174. The van der Waals surface area contributed by atoms with E-state index in [1.807, 2.05) is 6.07 Å². The summed E-state index contributed by atoms with van der Waals surface area (Å²) in [5, 5.41) is 9.41. The lowest BCUT2D eigenvalue weighted by Gasteiger charge is -2.20. The zero-order valence-corrected chi connectivity index (χ0v) is 23.5. The standard InChI is InChI=1S/C28H24ClN2O6PS/c1-3-36-28(32)26-27(38(33,37-4-2)22-12-8-10-20(18-22)11-9-17-30)24-19-21(29)15-16-25(24)31(26)39(34,35)23-13-6-5-7-14-23/h5-16,18-19H,3-4H2,1-2H3/b11-9-. The van der Waals surface area contributed by atoms with Crippen molar-refractivity contribution in [2.24, 2.45) is 0 Å². The predicted octanol–water partition coefficient (Wildman–Crippen LogP) is 5.51. The summed E-state index contributed by atoms with van der Waals surface area (Å²) < 4.78 is 55.1. The van der Waals surface area contributed by atoms with Crippen molar-refractivity contribution in [3.05, 3.63) is 95.2 Å². The molecule has 8 nitrogen and oxygen atoms in total. The third-order valence-corrected chi connectivity index (χ3v) is 10.4. The van der Waals surface area contributed by atoms with Crippen molar-refractivity contribution in [3.8, 4) is 6.07 Å². The number of rotatable bonds is 9. The first-order valence-corrected chi connectivity index (χ1v) is 15.4. The smallest absolute Gasteiger partial charge is 0.356 e. The van der Waals surface area contributed by atoms with E-state index in [-0.39, 0.29) is 44.6 Å². The highest BCUT2D eigenvalue weighted by atomic mass is 35.5. The highest BCUT2D eigenvalue weighted by Gasteiger charge is 2.41. The van der Waals surface area contributed by atoms with Gasteiger partial charge in [0, 0.05) is 21.8 Å². The molecule has 4 rings (SSSR count). The van der Waals surface area contributed by atoms with Gasteiger partial charge in [-0.2, -0.15) is 5.26 Å². The molecule has 1 atom stereocenters. The molecular formula is C28H24ClN2O6PS. The van der Waals surface area contributed by atoms with Gasteiger partial charge in [0.2, 0.25) is 0 Å². The molecule has 0 fully saturated rings. The fourth-order valence-electron chi connectivity index (χ4n) is 4.24. The predicted molar refractivity (Wildman–Crippen MR) is 152 cm³/mol. The summed E-state index contributed by atoms with van der Waals surface area (Å²) in [6.07, 6.45) is 2.80. The molecule has 0 amide bonds. The average molecular weight is 583 g/mol. The fourth-order valence-corrected chi connectivity index (χ4v) is 8.48. The van der Waals surface area contributed by atoms with Crippen molar-refractivity contribution < 1.29 is 27.0 Å². The van der Waals surface area contributed by atoms with Gasteiger partial charge in [-0.15, -0.1) is 0 Å². The molecule has 11 heteroatoms. The number of ether oxygens (including phenoxy) is 1. The average Bonchev–Trinajstić information content (AvgIpc) is 3.28. The summed E-state index contributed by atoms with van der Waals surface area (Å²) >= 11 is 6.33. The maximum absolute atomic E-state index is 15.0. The number of fused-ring (bicyclic) bond motifs is 1. The topological polar surface area (TPSA) is 115 Å². The van der Waals surface area contributed by atoms with Gasteiger partial charge in [0.05, 0.1) is 35.0 Å². The van der Waals surface area contributed by atoms with Gasteiger partial charge in [0.15, 0.2) is 5.69 Å².